The van der Waals surface area contributed by atoms with E-state index < -0.39 is 18.0 Å². The maximum absolute atomic E-state index is 11.4. The number of hydrogen-bond donors (Lipinski definition) is 1. The van der Waals surface area contributed by atoms with Gasteiger partial charge in [0.2, 0.25) is 0 Å². The molecule has 1 N–H and O–H groups in total. The molecule has 0 aliphatic rings. The van der Waals surface area contributed by atoms with Gasteiger partial charge >= 0.3 is 11.9 Å². The predicted molar refractivity (Wildman–Crippen MR) is 64.3 cm³/mol. The first-order chi connectivity index (χ1) is 8.60. The molecular formula is C13H17NO4. The minimum Gasteiger partial charge on any atom is -0.481 e. The van der Waals surface area contributed by atoms with Gasteiger partial charge in [-0.3, -0.25) is 9.59 Å². The fourth-order valence-electron chi connectivity index (χ4n) is 1.31. The number of unbranched alkanes of at least 4 members (excludes halogenated alkanes) is 2. The number of carboxylic acids is 1. The summed E-state index contributed by atoms with van der Waals surface area (Å²) in [5.74, 6) is 1.08. The Morgan fingerprint density at radius 2 is 1.94 bits per heavy atom. The van der Waals surface area contributed by atoms with Crippen LogP contribution < -0.4 is 0 Å². The van der Waals surface area contributed by atoms with Crippen molar-refractivity contribution in [2.24, 2.45) is 0 Å². The molecule has 5 heteroatoms. The third kappa shape index (κ3) is 9.23. The van der Waals surface area contributed by atoms with Crippen molar-refractivity contribution < 1.29 is 19.4 Å². The van der Waals surface area contributed by atoms with Crippen LogP contribution in [-0.4, -0.2) is 23.1 Å². The predicted octanol–water partition coefficient (Wildman–Crippen LogP) is 1.87. The van der Waals surface area contributed by atoms with Crippen LogP contribution in [0.3, 0.4) is 0 Å². The van der Waals surface area contributed by atoms with Gasteiger partial charge in [-0.15, -0.1) is 6.42 Å². The molecule has 1 unspecified atom stereocenters. The molecule has 18 heavy (non-hydrogen) atoms. The van der Waals surface area contributed by atoms with Crippen molar-refractivity contribution in [2.75, 3.05) is 0 Å². The Balaban J connectivity index is 3.67. The standard InChI is InChI=1S/C13H17NO4/c1-2-11(7-6-10-14)18-13(17)9-5-3-4-8-12(15)16/h1,11H,3-9H2,(H,15,16). The molecule has 0 aromatic heterocycles. The highest BCUT2D eigenvalue weighted by Crippen LogP contribution is 2.07. The average Bonchev–Trinajstić information content (AvgIpc) is 2.33. The normalized spacial score (nSPS) is 11.0. The molecule has 0 aromatic rings. The zero-order valence-electron chi connectivity index (χ0n) is 10.2. The number of hydrogen-bond acceptors (Lipinski definition) is 4. The van der Waals surface area contributed by atoms with Crippen molar-refractivity contribution in [3.63, 3.8) is 0 Å². The molecule has 0 aliphatic carbocycles. The molecule has 0 fully saturated rings. The van der Waals surface area contributed by atoms with E-state index in [1.165, 1.54) is 0 Å². The fourth-order valence-corrected chi connectivity index (χ4v) is 1.31. The van der Waals surface area contributed by atoms with Gasteiger partial charge in [-0.25, -0.2) is 0 Å². The van der Waals surface area contributed by atoms with E-state index in [1.807, 2.05) is 6.07 Å². The smallest absolute Gasteiger partial charge is 0.307 e. The number of rotatable bonds is 9. The lowest BCUT2D eigenvalue weighted by Crippen LogP contribution is -2.16. The minimum atomic E-state index is -0.832. The highest BCUT2D eigenvalue weighted by Gasteiger charge is 2.11. The summed E-state index contributed by atoms with van der Waals surface area (Å²) >= 11 is 0. The molecule has 0 heterocycles. The molecule has 0 spiro atoms. The second-order valence-corrected chi connectivity index (χ2v) is 3.80. The van der Waals surface area contributed by atoms with E-state index in [0.717, 1.165) is 0 Å². The summed E-state index contributed by atoms with van der Waals surface area (Å²) in [6.45, 7) is 0. The Morgan fingerprint density at radius 3 is 2.50 bits per heavy atom. The van der Waals surface area contributed by atoms with E-state index in [4.69, 9.17) is 21.5 Å². The van der Waals surface area contributed by atoms with Crippen molar-refractivity contribution in [3.8, 4) is 18.4 Å². The highest BCUT2D eigenvalue weighted by atomic mass is 16.5. The summed E-state index contributed by atoms with van der Waals surface area (Å²) in [6.07, 6.45) is 7.27. The molecule has 98 valence electrons. The van der Waals surface area contributed by atoms with Crippen LogP contribution in [0, 0.1) is 23.7 Å². The fraction of sp³-hybridized carbons (Fsp3) is 0.615. The first kappa shape index (κ1) is 16.0. The van der Waals surface area contributed by atoms with Gasteiger partial charge in [0.05, 0.1) is 6.07 Å². The van der Waals surface area contributed by atoms with Crippen LogP contribution in [0.2, 0.25) is 0 Å². The van der Waals surface area contributed by atoms with Crippen molar-refractivity contribution >= 4 is 11.9 Å². The number of carbonyl (C=O) groups excluding carboxylic acids is 1. The van der Waals surface area contributed by atoms with Gasteiger partial charge in [0.15, 0.2) is 6.10 Å². The van der Waals surface area contributed by atoms with Gasteiger partial charge in [0, 0.05) is 25.7 Å². The van der Waals surface area contributed by atoms with E-state index in [1.54, 1.807) is 0 Å². The first-order valence-electron chi connectivity index (χ1n) is 5.84. The van der Waals surface area contributed by atoms with Crippen molar-refractivity contribution in [1.29, 1.82) is 5.26 Å². The summed E-state index contributed by atoms with van der Waals surface area (Å²) in [4.78, 5) is 21.6. The van der Waals surface area contributed by atoms with Crippen molar-refractivity contribution in [1.82, 2.24) is 0 Å². The minimum absolute atomic E-state index is 0.115. The van der Waals surface area contributed by atoms with Crippen LogP contribution in [0.25, 0.3) is 0 Å². The van der Waals surface area contributed by atoms with Crippen LogP contribution in [0.1, 0.15) is 44.9 Å². The Bertz CT molecular complexity index is 351. The lowest BCUT2D eigenvalue weighted by Gasteiger charge is -2.10. The molecule has 0 aliphatic heterocycles. The number of esters is 1. The molecule has 5 nitrogen and oxygen atoms in total. The molecular weight excluding hydrogens is 234 g/mol. The quantitative estimate of drug-likeness (QED) is 0.384. The second kappa shape index (κ2) is 10.2. The lowest BCUT2D eigenvalue weighted by atomic mass is 10.1. The van der Waals surface area contributed by atoms with Crippen LogP contribution in [-0.2, 0) is 14.3 Å². The number of terminal acetylenes is 1. The van der Waals surface area contributed by atoms with Crippen LogP contribution in [0.15, 0.2) is 0 Å². The lowest BCUT2D eigenvalue weighted by molar-refractivity contribution is -0.146. The van der Waals surface area contributed by atoms with Crippen LogP contribution in [0.5, 0.6) is 0 Å². The third-order valence-corrected chi connectivity index (χ3v) is 2.25. The summed E-state index contributed by atoms with van der Waals surface area (Å²) in [6, 6.07) is 1.93. The van der Waals surface area contributed by atoms with Crippen molar-refractivity contribution in [3.05, 3.63) is 0 Å². The summed E-state index contributed by atoms with van der Waals surface area (Å²) in [7, 11) is 0. The van der Waals surface area contributed by atoms with Gasteiger partial charge in [-0.05, 0) is 12.8 Å². The number of carboxylic acid groups (broad SMARTS) is 1. The van der Waals surface area contributed by atoms with E-state index in [-0.39, 0.29) is 19.3 Å². The molecule has 1 atom stereocenters. The number of carbonyl (C=O) groups is 2. The molecule has 0 rings (SSSR count). The maximum Gasteiger partial charge on any atom is 0.307 e. The number of aliphatic carboxylic acids is 1. The average molecular weight is 251 g/mol. The van der Waals surface area contributed by atoms with Gasteiger partial charge in [-0.2, -0.15) is 5.26 Å². The Kier molecular flexibility index (Phi) is 9.03. The Labute approximate surface area is 107 Å². The van der Waals surface area contributed by atoms with E-state index in [0.29, 0.717) is 25.7 Å². The topological polar surface area (TPSA) is 87.4 Å². The molecule has 0 radical (unpaired) electrons. The van der Waals surface area contributed by atoms with Crippen molar-refractivity contribution in [2.45, 2.75) is 51.0 Å². The SMILES string of the molecule is C#CC(CCC#N)OC(=O)CCCCCC(=O)O. The maximum atomic E-state index is 11.4. The molecule has 0 bridgehead atoms. The molecule has 0 saturated carbocycles. The highest BCUT2D eigenvalue weighted by molar-refractivity contribution is 5.69. The van der Waals surface area contributed by atoms with Gasteiger partial charge in [0.25, 0.3) is 0 Å². The Morgan fingerprint density at radius 1 is 1.28 bits per heavy atom. The summed E-state index contributed by atoms with van der Waals surface area (Å²) < 4.78 is 4.99. The molecule has 0 saturated heterocycles. The van der Waals surface area contributed by atoms with E-state index >= 15 is 0 Å². The summed E-state index contributed by atoms with van der Waals surface area (Å²) in [5, 5.41) is 16.8. The first-order valence-corrected chi connectivity index (χ1v) is 5.84. The summed E-state index contributed by atoms with van der Waals surface area (Å²) in [5.41, 5.74) is 0. The van der Waals surface area contributed by atoms with Gasteiger partial charge in [0.1, 0.15) is 0 Å². The largest absolute Gasteiger partial charge is 0.481 e. The number of ether oxygens (including phenoxy) is 1. The van der Waals surface area contributed by atoms with Gasteiger partial charge in [-0.1, -0.05) is 12.3 Å². The monoisotopic (exact) mass is 251 g/mol. The number of nitriles is 1. The van der Waals surface area contributed by atoms with E-state index in [2.05, 4.69) is 5.92 Å². The second-order valence-electron chi connectivity index (χ2n) is 3.80. The van der Waals surface area contributed by atoms with Crippen LogP contribution in [0.4, 0.5) is 0 Å². The molecule has 0 aromatic carbocycles. The molecule has 0 amide bonds. The third-order valence-electron chi connectivity index (χ3n) is 2.25. The van der Waals surface area contributed by atoms with Crippen LogP contribution >= 0.6 is 0 Å². The van der Waals surface area contributed by atoms with Gasteiger partial charge < -0.3 is 9.84 Å². The number of nitrogens with zero attached hydrogens (tertiary/aromatic N) is 1. The zero-order valence-corrected chi connectivity index (χ0v) is 10.2. The Hall–Kier alpha value is -2.01. The van der Waals surface area contributed by atoms with E-state index in [9.17, 15) is 9.59 Å². The zero-order chi connectivity index (χ0) is 13.8.